The molecule has 0 aliphatic heterocycles. The zero-order valence-corrected chi connectivity index (χ0v) is 25.0. The first-order valence-corrected chi connectivity index (χ1v) is 12.1. The van der Waals surface area contributed by atoms with E-state index in [9.17, 15) is 9.90 Å². The van der Waals surface area contributed by atoms with Gasteiger partial charge in [0, 0.05) is 43.1 Å². The SMILES string of the molecule is CC(C)(C)C(=O)/C=C(\O)C(C)(C)C.CCC(CC)c1cc(C)[c-]c(-c2ccc3occc3n2)c1.[Ir]. The van der Waals surface area contributed by atoms with Crippen LogP contribution in [-0.2, 0) is 24.9 Å². The van der Waals surface area contributed by atoms with Crippen molar-refractivity contribution in [1.29, 1.82) is 0 Å². The number of ketones is 1. The molecule has 0 aliphatic carbocycles. The zero-order valence-electron chi connectivity index (χ0n) is 22.6. The van der Waals surface area contributed by atoms with Crippen molar-refractivity contribution < 1.29 is 34.4 Å². The Labute approximate surface area is 224 Å². The third-order valence-corrected chi connectivity index (χ3v) is 5.84. The molecule has 2 heterocycles. The van der Waals surface area contributed by atoms with Crippen molar-refractivity contribution in [3.8, 4) is 11.3 Å². The Morgan fingerprint density at radius 3 is 2.23 bits per heavy atom. The minimum absolute atomic E-state index is 0. The second kappa shape index (κ2) is 12.6. The fourth-order valence-electron chi connectivity index (χ4n) is 3.44. The minimum atomic E-state index is -0.417. The van der Waals surface area contributed by atoms with Gasteiger partial charge in [0.05, 0.1) is 11.8 Å². The number of aliphatic hydroxyl groups is 1. The van der Waals surface area contributed by atoms with Gasteiger partial charge in [0.25, 0.3) is 0 Å². The number of allylic oxidation sites excluding steroid dienone is 2. The van der Waals surface area contributed by atoms with Gasteiger partial charge in [-0.25, -0.2) is 0 Å². The molecule has 1 N–H and O–H groups in total. The molecule has 0 aliphatic rings. The van der Waals surface area contributed by atoms with Gasteiger partial charge < -0.3 is 9.52 Å². The number of rotatable bonds is 5. The molecule has 4 nitrogen and oxygen atoms in total. The molecule has 0 spiro atoms. The number of aliphatic hydroxyl groups excluding tert-OH is 1. The van der Waals surface area contributed by atoms with Crippen molar-refractivity contribution in [2.75, 3.05) is 0 Å². The van der Waals surface area contributed by atoms with Crippen molar-refractivity contribution in [3.63, 3.8) is 0 Å². The molecule has 193 valence electrons. The standard InChI is InChI=1S/C19H20NO.C11H20O2.Ir/c1-4-14(5-2)15-10-13(3)11-16(12-15)17-6-7-19-18(20-17)8-9-21-19;1-10(2,3)8(12)7-9(13)11(4,5)6;/h6-10,12,14H,4-5H2,1-3H3;7,12H,1-6H3;/q-1;;/b;8-7-;. The molecule has 3 aromatic rings. The average molecular weight is 655 g/mol. The van der Waals surface area contributed by atoms with E-state index in [1.165, 1.54) is 17.2 Å². The summed E-state index contributed by atoms with van der Waals surface area (Å²) >= 11 is 0. The van der Waals surface area contributed by atoms with E-state index in [4.69, 9.17) is 4.42 Å². The Bertz CT molecular complexity index is 1140. The maximum absolute atomic E-state index is 11.5. The van der Waals surface area contributed by atoms with Gasteiger partial charge in [-0.05, 0) is 17.7 Å². The van der Waals surface area contributed by atoms with Crippen LogP contribution < -0.4 is 0 Å². The Morgan fingerprint density at radius 1 is 1.06 bits per heavy atom. The first-order valence-electron chi connectivity index (χ1n) is 12.1. The number of benzene rings is 1. The van der Waals surface area contributed by atoms with E-state index in [1.54, 1.807) is 6.26 Å². The Kier molecular flexibility index (Phi) is 11.1. The van der Waals surface area contributed by atoms with Crippen LogP contribution in [0.4, 0.5) is 0 Å². The summed E-state index contributed by atoms with van der Waals surface area (Å²) in [7, 11) is 0. The van der Waals surface area contributed by atoms with Crippen molar-refractivity contribution in [2.24, 2.45) is 10.8 Å². The molecule has 0 atom stereocenters. The van der Waals surface area contributed by atoms with Gasteiger partial charge in [-0.1, -0.05) is 81.2 Å². The normalized spacial score (nSPS) is 12.2. The fourth-order valence-corrected chi connectivity index (χ4v) is 3.44. The van der Waals surface area contributed by atoms with Crippen LogP contribution in [0, 0.1) is 23.8 Å². The van der Waals surface area contributed by atoms with E-state index >= 15 is 0 Å². The number of pyridine rings is 1. The van der Waals surface area contributed by atoms with Crippen molar-refractivity contribution in [2.45, 2.75) is 81.1 Å². The predicted octanol–water partition coefficient (Wildman–Crippen LogP) is 8.59. The van der Waals surface area contributed by atoms with E-state index in [2.05, 4.69) is 44.0 Å². The fraction of sp³-hybridized carbons (Fsp3) is 0.467. The molecule has 0 amide bonds. The number of furan rings is 1. The summed E-state index contributed by atoms with van der Waals surface area (Å²) in [5, 5.41) is 9.56. The molecule has 0 saturated heterocycles. The molecule has 0 unspecified atom stereocenters. The maximum Gasteiger partial charge on any atom is 0.164 e. The molecule has 2 aromatic heterocycles. The van der Waals surface area contributed by atoms with Gasteiger partial charge in [-0.15, -0.1) is 34.9 Å². The first kappa shape index (κ1) is 30.8. The predicted molar refractivity (Wildman–Crippen MR) is 141 cm³/mol. The summed E-state index contributed by atoms with van der Waals surface area (Å²) in [5.74, 6) is 0.710. The summed E-state index contributed by atoms with van der Waals surface area (Å²) in [5.41, 5.74) is 5.54. The molecule has 5 heteroatoms. The minimum Gasteiger partial charge on any atom is -0.512 e. The van der Waals surface area contributed by atoms with Crippen molar-refractivity contribution in [3.05, 3.63) is 65.6 Å². The Morgan fingerprint density at radius 2 is 1.69 bits per heavy atom. The zero-order chi connectivity index (χ0) is 25.7. The van der Waals surface area contributed by atoms with Gasteiger partial charge in [-0.2, -0.15) is 0 Å². The molecular formula is C30H40IrNO3-. The molecule has 1 radical (unpaired) electrons. The molecular weight excluding hydrogens is 615 g/mol. The number of fused-ring (bicyclic) bond motifs is 1. The third-order valence-electron chi connectivity index (χ3n) is 5.84. The van der Waals surface area contributed by atoms with E-state index in [1.807, 2.05) is 59.7 Å². The average Bonchev–Trinajstić information content (AvgIpc) is 3.21. The smallest absolute Gasteiger partial charge is 0.164 e. The second-order valence-electron chi connectivity index (χ2n) is 10.9. The van der Waals surface area contributed by atoms with Crippen LogP contribution in [0.2, 0.25) is 0 Å². The maximum atomic E-state index is 11.5. The summed E-state index contributed by atoms with van der Waals surface area (Å²) in [4.78, 5) is 16.2. The van der Waals surface area contributed by atoms with Gasteiger partial charge in [0.1, 0.15) is 5.76 Å². The topological polar surface area (TPSA) is 63.3 Å². The van der Waals surface area contributed by atoms with E-state index in [0.29, 0.717) is 5.92 Å². The van der Waals surface area contributed by atoms with Gasteiger partial charge in [0.2, 0.25) is 0 Å². The van der Waals surface area contributed by atoms with Crippen molar-refractivity contribution >= 4 is 16.9 Å². The van der Waals surface area contributed by atoms with Crippen LogP contribution in [0.25, 0.3) is 22.4 Å². The van der Waals surface area contributed by atoms with Gasteiger partial charge in [0.15, 0.2) is 11.4 Å². The van der Waals surface area contributed by atoms with Crippen LogP contribution in [-0.4, -0.2) is 15.9 Å². The number of hydrogen-bond acceptors (Lipinski definition) is 4. The number of nitrogens with zero attached hydrogens (tertiary/aromatic N) is 1. The van der Waals surface area contributed by atoms with E-state index in [0.717, 1.165) is 35.2 Å². The molecule has 0 fully saturated rings. The Hall–Kier alpha value is -2.23. The van der Waals surface area contributed by atoms with Crippen LogP contribution >= 0.6 is 0 Å². The second-order valence-corrected chi connectivity index (χ2v) is 10.9. The van der Waals surface area contributed by atoms with Crippen LogP contribution in [0.1, 0.15) is 85.3 Å². The van der Waals surface area contributed by atoms with E-state index in [-0.39, 0.29) is 37.1 Å². The largest absolute Gasteiger partial charge is 0.512 e. The number of aromatic nitrogens is 1. The summed E-state index contributed by atoms with van der Waals surface area (Å²) in [6, 6.07) is 13.8. The number of hydrogen-bond donors (Lipinski definition) is 1. The van der Waals surface area contributed by atoms with Crippen molar-refractivity contribution in [1.82, 2.24) is 4.98 Å². The molecule has 35 heavy (non-hydrogen) atoms. The molecule has 0 saturated carbocycles. The number of carbonyl (C=O) groups excluding carboxylic acids is 1. The van der Waals surface area contributed by atoms with Gasteiger partial charge in [-0.3, -0.25) is 9.78 Å². The first-order chi connectivity index (χ1) is 15.8. The third kappa shape index (κ3) is 8.74. The Balaban J connectivity index is 0.000000383. The quantitative estimate of drug-likeness (QED) is 0.170. The summed E-state index contributed by atoms with van der Waals surface area (Å²) in [6.07, 6.45) is 5.33. The van der Waals surface area contributed by atoms with E-state index < -0.39 is 5.41 Å². The molecule has 1 aromatic carbocycles. The summed E-state index contributed by atoms with van der Waals surface area (Å²) in [6.45, 7) is 17.7. The number of aryl methyl sites for hydroxylation is 1. The monoisotopic (exact) mass is 655 g/mol. The number of carbonyl (C=O) groups is 1. The van der Waals surface area contributed by atoms with Crippen LogP contribution in [0.5, 0.6) is 0 Å². The van der Waals surface area contributed by atoms with Crippen LogP contribution in [0.15, 0.2) is 52.8 Å². The molecule has 0 bridgehead atoms. The summed E-state index contributed by atoms with van der Waals surface area (Å²) < 4.78 is 5.36. The van der Waals surface area contributed by atoms with Gasteiger partial charge >= 0.3 is 0 Å². The van der Waals surface area contributed by atoms with Crippen LogP contribution in [0.3, 0.4) is 0 Å². The molecule has 3 rings (SSSR count).